The molecule has 174 valence electrons. The third-order valence-electron chi connectivity index (χ3n) is 6.32. The number of carbonyl (C=O) groups excluding carboxylic acids is 2. The molecule has 7 nitrogen and oxygen atoms in total. The number of methoxy groups -OCH3 is 1. The summed E-state index contributed by atoms with van der Waals surface area (Å²) in [5.74, 6) is 0.832. The van der Waals surface area contributed by atoms with Crippen LogP contribution in [0.5, 0.6) is 5.75 Å². The Morgan fingerprint density at radius 3 is 2.70 bits per heavy atom. The molecule has 33 heavy (non-hydrogen) atoms. The van der Waals surface area contributed by atoms with Gasteiger partial charge in [-0.1, -0.05) is 30.3 Å². The summed E-state index contributed by atoms with van der Waals surface area (Å²) >= 11 is 0. The van der Waals surface area contributed by atoms with E-state index in [1.54, 1.807) is 7.11 Å². The number of rotatable bonds is 7. The van der Waals surface area contributed by atoms with E-state index in [0.717, 1.165) is 36.1 Å². The Bertz CT molecular complexity index is 1120. The van der Waals surface area contributed by atoms with Crippen LogP contribution in [0.25, 0.3) is 10.9 Å². The zero-order valence-electron chi connectivity index (χ0n) is 19.3. The van der Waals surface area contributed by atoms with Crippen molar-refractivity contribution in [1.82, 2.24) is 20.5 Å². The van der Waals surface area contributed by atoms with Gasteiger partial charge in [-0.05, 0) is 49.4 Å². The normalized spacial score (nSPS) is 14.3. The molecule has 0 aliphatic carbocycles. The quantitative estimate of drug-likeness (QED) is 0.517. The summed E-state index contributed by atoms with van der Waals surface area (Å²) in [6, 6.07) is 13.9. The Morgan fingerprint density at radius 1 is 1.12 bits per heavy atom. The minimum absolute atomic E-state index is 0.0800. The van der Waals surface area contributed by atoms with Crippen molar-refractivity contribution in [2.75, 3.05) is 26.7 Å². The Labute approximate surface area is 194 Å². The average molecular weight is 449 g/mol. The molecule has 1 fully saturated rings. The van der Waals surface area contributed by atoms with Gasteiger partial charge >= 0.3 is 6.03 Å². The van der Waals surface area contributed by atoms with Crippen LogP contribution >= 0.6 is 0 Å². The number of urea groups is 1. The van der Waals surface area contributed by atoms with E-state index in [4.69, 9.17) is 4.74 Å². The highest BCUT2D eigenvalue weighted by Gasteiger charge is 2.24. The van der Waals surface area contributed by atoms with Gasteiger partial charge in [0.2, 0.25) is 5.91 Å². The predicted octanol–water partition coefficient (Wildman–Crippen LogP) is 3.56. The molecule has 1 aromatic heterocycles. The molecule has 1 aliphatic rings. The van der Waals surface area contributed by atoms with Gasteiger partial charge in [0, 0.05) is 48.3 Å². The molecule has 3 aromatic rings. The Hall–Kier alpha value is -3.48. The summed E-state index contributed by atoms with van der Waals surface area (Å²) in [6.45, 7) is 3.94. The fourth-order valence-electron chi connectivity index (χ4n) is 4.45. The van der Waals surface area contributed by atoms with Crippen molar-refractivity contribution in [2.45, 2.75) is 38.6 Å². The van der Waals surface area contributed by atoms with E-state index in [9.17, 15) is 9.59 Å². The second-order valence-electron chi connectivity index (χ2n) is 8.66. The number of nitrogens with one attached hydrogen (secondary N) is 3. The minimum atomic E-state index is -0.149. The molecule has 0 unspecified atom stereocenters. The van der Waals surface area contributed by atoms with Gasteiger partial charge in [-0.2, -0.15) is 0 Å². The molecule has 2 aromatic carbocycles. The van der Waals surface area contributed by atoms with E-state index in [1.165, 1.54) is 16.5 Å². The van der Waals surface area contributed by atoms with Gasteiger partial charge in [0.05, 0.1) is 13.5 Å². The van der Waals surface area contributed by atoms with E-state index in [0.29, 0.717) is 26.1 Å². The van der Waals surface area contributed by atoms with E-state index >= 15 is 0 Å². The highest BCUT2D eigenvalue weighted by Crippen LogP contribution is 2.21. The first kappa shape index (κ1) is 22.7. The maximum absolute atomic E-state index is 12.7. The number of fused-ring (bicyclic) bond motifs is 1. The van der Waals surface area contributed by atoms with Crippen LogP contribution in [0.2, 0.25) is 0 Å². The number of amides is 3. The highest BCUT2D eigenvalue weighted by atomic mass is 16.5. The molecule has 0 radical (unpaired) electrons. The number of piperidine rings is 1. The van der Waals surface area contributed by atoms with Gasteiger partial charge in [-0.15, -0.1) is 0 Å². The van der Waals surface area contributed by atoms with Crippen molar-refractivity contribution in [3.05, 3.63) is 65.4 Å². The molecular formula is C26H32N4O3. The Morgan fingerprint density at radius 2 is 1.91 bits per heavy atom. The number of ether oxygens (including phenoxy) is 1. The number of H-pyrrole nitrogens is 1. The van der Waals surface area contributed by atoms with E-state index < -0.39 is 0 Å². The van der Waals surface area contributed by atoms with Gasteiger partial charge in [0.1, 0.15) is 5.75 Å². The van der Waals surface area contributed by atoms with E-state index in [-0.39, 0.29) is 18.0 Å². The molecule has 1 aliphatic heterocycles. The number of carbonyl (C=O) groups is 2. The van der Waals surface area contributed by atoms with Gasteiger partial charge in [-0.3, -0.25) is 4.79 Å². The van der Waals surface area contributed by atoms with Crippen LogP contribution in [0, 0.1) is 6.92 Å². The van der Waals surface area contributed by atoms with Gasteiger partial charge in [0.15, 0.2) is 0 Å². The van der Waals surface area contributed by atoms with Crippen LogP contribution in [-0.4, -0.2) is 54.6 Å². The van der Waals surface area contributed by atoms with Crippen LogP contribution in [-0.2, 0) is 17.6 Å². The van der Waals surface area contributed by atoms with Crippen LogP contribution in [0.1, 0.15) is 29.5 Å². The first-order chi connectivity index (χ1) is 16.0. The fraction of sp³-hybridized carbons (Fsp3) is 0.385. The molecule has 4 rings (SSSR count). The number of hydrogen-bond acceptors (Lipinski definition) is 3. The third kappa shape index (κ3) is 5.66. The van der Waals surface area contributed by atoms with E-state index in [1.807, 2.05) is 35.4 Å². The fourth-order valence-corrected chi connectivity index (χ4v) is 4.45. The lowest BCUT2D eigenvalue weighted by molar-refractivity contribution is -0.131. The van der Waals surface area contributed by atoms with Crippen molar-refractivity contribution >= 4 is 22.8 Å². The van der Waals surface area contributed by atoms with Crippen molar-refractivity contribution in [3.8, 4) is 5.75 Å². The number of hydrogen-bond donors (Lipinski definition) is 3. The standard InChI is InChI=1S/C26H32N4O3/c1-18-7-8-22-20(17-28-23(22)15-18)9-12-27-26(32)29-21-10-13-30(14-11-21)25(31)16-19-5-3-4-6-24(19)33-2/h3-8,15,17,21,28H,9-14,16H2,1-2H3,(H2,27,29,32). The van der Waals surface area contributed by atoms with Crippen LogP contribution in [0.4, 0.5) is 4.79 Å². The molecule has 3 amide bonds. The van der Waals surface area contributed by atoms with E-state index in [2.05, 4.69) is 40.7 Å². The molecule has 1 saturated heterocycles. The lowest BCUT2D eigenvalue weighted by Gasteiger charge is -2.32. The molecule has 0 atom stereocenters. The van der Waals surface area contributed by atoms with Crippen LogP contribution in [0.3, 0.4) is 0 Å². The van der Waals surface area contributed by atoms with Crippen molar-refractivity contribution < 1.29 is 14.3 Å². The third-order valence-corrected chi connectivity index (χ3v) is 6.32. The number of aromatic amines is 1. The SMILES string of the molecule is COc1ccccc1CC(=O)N1CCC(NC(=O)NCCc2c[nH]c3cc(C)ccc23)CC1. The Balaban J connectivity index is 1.18. The summed E-state index contributed by atoms with van der Waals surface area (Å²) in [4.78, 5) is 30.2. The summed E-state index contributed by atoms with van der Waals surface area (Å²) < 4.78 is 5.35. The highest BCUT2D eigenvalue weighted by molar-refractivity contribution is 5.84. The summed E-state index contributed by atoms with van der Waals surface area (Å²) in [6.07, 6.45) is 4.63. The maximum atomic E-state index is 12.7. The zero-order chi connectivity index (χ0) is 23.2. The number of benzene rings is 2. The lowest BCUT2D eigenvalue weighted by Crippen LogP contribution is -2.49. The summed E-state index contributed by atoms with van der Waals surface area (Å²) in [5, 5.41) is 7.22. The molecule has 0 saturated carbocycles. The van der Waals surface area contributed by atoms with Gasteiger partial charge < -0.3 is 25.3 Å². The average Bonchev–Trinajstić information content (AvgIpc) is 3.21. The summed E-state index contributed by atoms with van der Waals surface area (Å²) in [5.41, 5.74) is 4.45. The molecule has 0 spiro atoms. The van der Waals surface area contributed by atoms with Gasteiger partial charge in [-0.25, -0.2) is 4.79 Å². The van der Waals surface area contributed by atoms with Crippen LogP contribution in [0.15, 0.2) is 48.7 Å². The number of nitrogens with zero attached hydrogens (tertiary/aromatic N) is 1. The van der Waals surface area contributed by atoms with Crippen molar-refractivity contribution in [1.29, 1.82) is 0 Å². The smallest absolute Gasteiger partial charge is 0.315 e. The minimum Gasteiger partial charge on any atom is -0.496 e. The predicted molar refractivity (Wildman–Crippen MR) is 130 cm³/mol. The van der Waals surface area contributed by atoms with Crippen molar-refractivity contribution in [2.24, 2.45) is 0 Å². The van der Waals surface area contributed by atoms with Crippen LogP contribution < -0.4 is 15.4 Å². The second kappa shape index (κ2) is 10.4. The molecule has 0 bridgehead atoms. The van der Waals surface area contributed by atoms with Crippen molar-refractivity contribution in [3.63, 3.8) is 0 Å². The first-order valence-corrected chi connectivity index (χ1v) is 11.5. The maximum Gasteiger partial charge on any atom is 0.315 e. The number of para-hydroxylation sites is 1. The topological polar surface area (TPSA) is 86.5 Å². The summed E-state index contributed by atoms with van der Waals surface area (Å²) in [7, 11) is 1.62. The lowest BCUT2D eigenvalue weighted by atomic mass is 10.0. The zero-order valence-corrected chi connectivity index (χ0v) is 19.3. The molecular weight excluding hydrogens is 416 g/mol. The number of aryl methyl sites for hydroxylation is 1. The molecule has 3 N–H and O–H groups in total. The Kier molecular flexibility index (Phi) is 7.17. The first-order valence-electron chi connectivity index (χ1n) is 11.5. The monoisotopic (exact) mass is 448 g/mol. The number of aromatic nitrogens is 1. The second-order valence-corrected chi connectivity index (χ2v) is 8.66. The molecule has 7 heteroatoms. The number of likely N-dealkylation sites (tertiary alicyclic amines) is 1. The molecule has 2 heterocycles. The van der Waals surface area contributed by atoms with Gasteiger partial charge in [0.25, 0.3) is 0 Å². The largest absolute Gasteiger partial charge is 0.496 e.